The first-order valence-corrected chi connectivity index (χ1v) is 8.89. The van der Waals surface area contributed by atoms with Crippen LogP contribution in [-0.2, 0) is 4.74 Å². The lowest BCUT2D eigenvalue weighted by Gasteiger charge is -2.37. The van der Waals surface area contributed by atoms with Crippen LogP contribution in [0.5, 0.6) is 0 Å². The number of nitrogens with zero attached hydrogens (tertiary/aromatic N) is 3. The zero-order valence-electron chi connectivity index (χ0n) is 14.6. The number of nitro benzene ring substituents is 1. The lowest BCUT2D eigenvalue weighted by molar-refractivity contribution is -0.385. The molecule has 0 radical (unpaired) electrons. The summed E-state index contributed by atoms with van der Waals surface area (Å²) in [5.41, 5.74) is 0.647. The van der Waals surface area contributed by atoms with Gasteiger partial charge in [0, 0.05) is 51.5 Å². The molecule has 1 aromatic rings. The standard InChI is InChI=1S/C18H25N3O4/c1-14-3-2-4-16(17(14)21(23)24)18(22)20-9-7-19(8-10-20)13-15-5-11-25-12-6-15/h2-4,15H,5-13H2,1H3. The monoisotopic (exact) mass is 347 g/mol. The van der Waals surface area contributed by atoms with Crippen molar-refractivity contribution in [2.45, 2.75) is 19.8 Å². The normalized spacial score (nSPS) is 19.8. The molecule has 2 fully saturated rings. The van der Waals surface area contributed by atoms with E-state index in [1.165, 1.54) is 0 Å². The molecule has 2 aliphatic rings. The van der Waals surface area contributed by atoms with E-state index in [4.69, 9.17) is 4.74 Å². The molecule has 25 heavy (non-hydrogen) atoms. The van der Waals surface area contributed by atoms with Crippen LogP contribution in [0.15, 0.2) is 18.2 Å². The molecule has 0 saturated carbocycles. The maximum absolute atomic E-state index is 12.8. The fraction of sp³-hybridized carbons (Fsp3) is 0.611. The number of carbonyl (C=O) groups is 1. The van der Waals surface area contributed by atoms with Crippen molar-refractivity contribution in [3.05, 3.63) is 39.4 Å². The molecule has 0 atom stereocenters. The highest BCUT2D eigenvalue weighted by Crippen LogP contribution is 2.25. The van der Waals surface area contributed by atoms with E-state index in [2.05, 4.69) is 4.90 Å². The first kappa shape index (κ1) is 17.8. The highest BCUT2D eigenvalue weighted by atomic mass is 16.6. The number of carbonyl (C=O) groups excluding carboxylic acids is 1. The minimum atomic E-state index is -0.454. The molecule has 136 valence electrons. The van der Waals surface area contributed by atoms with Crippen molar-refractivity contribution in [3.8, 4) is 0 Å². The fourth-order valence-corrected chi connectivity index (χ4v) is 3.67. The second-order valence-electron chi connectivity index (χ2n) is 6.88. The van der Waals surface area contributed by atoms with Crippen LogP contribution in [0.4, 0.5) is 5.69 Å². The van der Waals surface area contributed by atoms with Gasteiger partial charge in [0.05, 0.1) is 4.92 Å². The molecule has 0 N–H and O–H groups in total. The van der Waals surface area contributed by atoms with Crippen LogP contribution in [0.2, 0.25) is 0 Å². The molecule has 0 aromatic heterocycles. The van der Waals surface area contributed by atoms with Gasteiger partial charge in [0.25, 0.3) is 11.6 Å². The SMILES string of the molecule is Cc1cccc(C(=O)N2CCN(CC3CCOCC3)CC2)c1[N+](=O)[O-]. The largest absolute Gasteiger partial charge is 0.381 e. The second-order valence-corrected chi connectivity index (χ2v) is 6.88. The van der Waals surface area contributed by atoms with Crippen LogP contribution in [0.1, 0.15) is 28.8 Å². The Morgan fingerprint density at radius 2 is 1.92 bits per heavy atom. The number of para-hydroxylation sites is 1. The molecule has 0 bridgehead atoms. The van der Waals surface area contributed by atoms with E-state index in [9.17, 15) is 14.9 Å². The first-order chi connectivity index (χ1) is 12.1. The molecule has 0 aliphatic carbocycles. The molecule has 0 spiro atoms. The summed E-state index contributed by atoms with van der Waals surface area (Å²) in [7, 11) is 0. The molecule has 7 nitrogen and oxygen atoms in total. The van der Waals surface area contributed by atoms with Crippen LogP contribution in [-0.4, -0.2) is 66.6 Å². The Morgan fingerprint density at radius 1 is 1.24 bits per heavy atom. The molecule has 1 amide bonds. The van der Waals surface area contributed by atoms with Gasteiger partial charge in [-0.1, -0.05) is 12.1 Å². The molecule has 2 heterocycles. The van der Waals surface area contributed by atoms with Crippen molar-refractivity contribution in [2.24, 2.45) is 5.92 Å². The van der Waals surface area contributed by atoms with Crippen molar-refractivity contribution in [3.63, 3.8) is 0 Å². The van der Waals surface area contributed by atoms with Gasteiger partial charge in [-0.3, -0.25) is 19.8 Å². The zero-order valence-corrected chi connectivity index (χ0v) is 14.6. The average molecular weight is 347 g/mol. The van der Waals surface area contributed by atoms with Gasteiger partial charge in [-0.05, 0) is 31.7 Å². The number of piperazine rings is 1. The minimum absolute atomic E-state index is 0.0721. The summed E-state index contributed by atoms with van der Waals surface area (Å²) in [6, 6.07) is 4.93. The van der Waals surface area contributed by atoms with Gasteiger partial charge < -0.3 is 9.64 Å². The predicted molar refractivity (Wildman–Crippen MR) is 93.7 cm³/mol. The lowest BCUT2D eigenvalue weighted by Crippen LogP contribution is -2.50. The van der Waals surface area contributed by atoms with Gasteiger partial charge in [-0.15, -0.1) is 0 Å². The highest BCUT2D eigenvalue weighted by molar-refractivity contribution is 5.98. The van der Waals surface area contributed by atoms with E-state index in [-0.39, 0.29) is 17.2 Å². The van der Waals surface area contributed by atoms with E-state index in [1.54, 1.807) is 30.0 Å². The third-order valence-electron chi connectivity index (χ3n) is 5.17. The molecule has 2 aliphatic heterocycles. The quantitative estimate of drug-likeness (QED) is 0.616. The number of aryl methyl sites for hydroxylation is 1. The maximum atomic E-state index is 12.8. The topological polar surface area (TPSA) is 75.9 Å². The third kappa shape index (κ3) is 4.16. The van der Waals surface area contributed by atoms with Crippen LogP contribution in [0.25, 0.3) is 0 Å². The number of hydrogen-bond donors (Lipinski definition) is 0. The molecule has 7 heteroatoms. The summed E-state index contributed by atoms with van der Waals surface area (Å²) in [5.74, 6) is 0.440. The van der Waals surface area contributed by atoms with Gasteiger partial charge in [0.2, 0.25) is 0 Å². The summed E-state index contributed by atoms with van der Waals surface area (Å²) in [4.78, 5) is 27.8. The average Bonchev–Trinajstić information content (AvgIpc) is 2.62. The number of rotatable bonds is 4. The summed E-state index contributed by atoms with van der Waals surface area (Å²) < 4.78 is 5.40. The Labute approximate surface area is 147 Å². The predicted octanol–water partition coefficient (Wildman–Crippen LogP) is 2.09. The van der Waals surface area contributed by atoms with Crippen LogP contribution < -0.4 is 0 Å². The van der Waals surface area contributed by atoms with Crippen molar-refractivity contribution >= 4 is 11.6 Å². The first-order valence-electron chi connectivity index (χ1n) is 8.89. The zero-order chi connectivity index (χ0) is 17.8. The molecule has 0 unspecified atom stereocenters. The maximum Gasteiger partial charge on any atom is 0.285 e. The van der Waals surface area contributed by atoms with E-state index in [0.717, 1.165) is 45.7 Å². The molecule has 2 saturated heterocycles. The number of nitro groups is 1. The van der Waals surface area contributed by atoms with E-state index in [0.29, 0.717) is 24.6 Å². The molecular weight excluding hydrogens is 322 g/mol. The molecule has 3 rings (SSSR count). The highest BCUT2D eigenvalue weighted by Gasteiger charge is 2.29. The Balaban J connectivity index is 1.60. The summed E-state index contributed by atoms with van der Waals surface area (Å²) in [6.07, 6.45) is 2.21. The van der Waals surface area contributed by atoms with Crippen molar-refractivity contribution in [1.29, 1.82) is 0 Å². The Morgan fingerprint density at radius 3 is 2.56 bits per heavy atom. The van der Waals surface area contributed by atoms with E-state index in [1.807, 2.05) is 0 Å². The Bertz CT molecular complexity index is 635. The number of benzene rings is 1. The number of hydrogen-bond acceptors (Lipinski definition) is 5. The Kier molecular flexibility index (Phi) is 5.65. The van der Waals surface area contributed by atoms with Gasteiger partial charge in [-0.2, -0.15) is 0 Å². The van der Waals surface area contributed by atoms with Crippen molar-refractivity contribution < 1.29 is 14.5 Å². The van der Waals surface area contributed by atoms with Gasteiger partial charge in [0.1, 0.15) is 5.56 Å². The smallest absolute Gasteiger partial charge is 0.285 e. The van der Waals surface area contributed by atoms with Gasteiger partial charge >= 0.3 is 0 Å². The second kappa shape index (κ2) is 7.93. The van der Waals surface area contributed by atoms with E-state index >= 15 is 0 Å². The molecular formula is C18H25N3O4. The van der Waals surface area contributed by atoms with Gasteiger partial charge in [0.15, 0.2) is 0 Å². The molecule has 1 aromatic carbocycles. The van der Waals surface area contributed by atoms with Crippen LogP contribution in [0, 0.1) is 23.0 Å². The van der Waals surface area contributed by atoms with Crippen molar-refractivity contribution in [2.75, 3.05) is 45.9 Å². The number of ether oxygens (including phenoxy) is 1. The van der Waals surface area contributed by atoms with E-state index < -0.39 is 4.92 Å². The summed E-state index contributed by atoms with van der Waals surface area (Å²) in [5, 5.41) is 11.3. The summed E-state index contributed by atoms with van der Waals surface area (Å²) in [6.45, 7) is 7.29. The Hall–Kier alpha value is -1.99. The minimum Gasteiger partial charge on any atom is -0.381 e. The number of amides is 1. The summed E-state index contributed by atoms with van der Waals surface area (Å²) >= 11 is 0. The van der Waals surface area contributed by atoms with Crippen LogP contribution >= 0.6 is 0 Å². The fourth-order valence-electron chi connectivity index (χ4n) is 3.67. The van der Waals surface area contributed by atoms with Crippen molar-refractivity contribution in [1.82, 2.24) is 9.80 Å². The third-order valence-corrected chi connectivity index (χ3v) is 5.17. The lowest BCUT2D eigenvalue weighted by atomic mass is 9.99. The van der Waals surface area contributed by atoms with Crippen LogP contribution in [0.3, 0.4) is 0 Å². The van der Waals surface area contributed by atoms with Gasteiger partial charge in [-0.25, -0.2) is 0 Å².